The number of amides is 2. The van der Waals surface area contributed by atoms with Crippen LogP contribution in [0.5, 0.6) is 5.75 Å². The Hall–Kier alpha value is -2.04. The van der Waals surface area contributed by atoms with Crippen LogP contribution in [0.2, 0.25) is 0 Å². The van der Waals surface area contributed by atoms with Crippen LogP contribution in [0.15, 0.2) is 24.3 Å². The molecule has 2 N–H and O–H groups in total. The second-order valence-corrected chi connectivity index (χ2v) is 4.21. The molecule has 1 rings (SSSR count). The highest BCUT2D eigenvalue weighted by atomic mass is 16.5. The normalized spacial score (nSPS) is 9.79. The minimum absolute atomic E-state index is 0.254. The molecule has 0 aliphatic carbocycles. The zero-order valence-corrected chi connectivity index (χ0v) is 11.4. The average molecular weight is 264 g/mol. The smallest absolute Gasteiger partial charge is 0.319 e. The highest BCUT2D eigenvalue weighted by Crippen LogP contribution is 2.17. The first kappa shape index (κ1) is 15.0. The van der Waals surface area contributed by atoms with E-state index in [0.717, 1.165) is 19.3 Å². The Morgan fingerprint density at radius 3 is 2.74 bits per heavy atom. The zero-order chi connectivity index (χ0) is 14.1. The Kier molecular flexibility index (Phi) is 6.43. The first-order valence-electron chi connectivity index (χ1n) is 6.45. The van der Waals surface area contributed by atoms with Gasteiger partial charge in [-0.05, 0) is 18.6 Å². The van der Waals surface area contributed by atoms with E-state index >= 15 is 0 Å². The lowest BCUT2D eigenvalue weighted by Crippen LogP contribution is -2.29. The largest absolute Gasteiger partial charge is 0.427 e. The summed E-state index contributed by atoms with van der Waals surface area (Å²) in [6, 6.07) is 6.46. The Morgan fingerprint density at radius 2 is 2.05 bits per heavy atom. The number of nitrogens with one attached hydrogen (secondary N) is 2. The third kappa shape index (κ3) is 6.45. The van der Waals surface area contributed by atoms with Crippen LogP contribution in [-0.2, 0) is 4.79 Å². The molecule has 0 aliphatic heterocycles. The lowest BCUT2D eigenvalue weighted by atomic mass is 10.2. The molecule has 0 fully saturated rings. The number of carbonyl (C=O) groups is 2. The molecule has 0 bridgehead atoms. The molecule has 0 spiro atoms. The fraction of sp³-hybridized carbons (Fsp3) is 0.429. The van der Waals surface area contributed by atoms with Gasteiger partial charge in [0.2, 0.25) is 0 Å². The first-order valence-corrected chi connectivity index (χ1v) is 6.45. The topological polar surface area (TPSA) is 67.4 Å². The monoisotopic (exact) mass is 264 g/mol. The van der Waals surface area contributed by atoms with Crippen molar-refractivity contribution in [3.05, 3.63) is 24.3 Å². The molecule has 0 unspecified atom stereocenters. The van der Waals surface area contributed by atoms with Crippen molar-refractivity contribution in [1.29, 1.82) is 0 Å². The van der Waals surface area contributed by atoms with Crippen LogP contribution in [-0.4, -0.2) is 18.5 Å². The summed E-state index contributed by atoms with van der Waals surface area (Å²) >= 11 is 0. The van der Waals surface area contributed by atoms with Crippen molar-refractivity contribution in [1.82, 2.24) is 5.32 Å². The predicted octanol–water partition coefficient (Wildman–Crippen LogP) is 2.92. The number of esters is 1. The quantitative estimate of drug-likeness (QED) is 0.471. The van der Waals surface area contributed by atoms with Gasteiger partial charge in [0.25, 0.3) is 0 Å². The highest BCUT2D eigenvalue weighted by Gasteiger charge is 2.03. The van der Waals surface area contributed by atoms with E-state index in [1.54, 1.807) is 24.3 Å². The Balaban J connectivity index is 2.43. The fourth-order valence-corrected chi connectivity index (χ4v) is 1.56. The Bertz CT molecular complexity index is 432. The van der Waals surface area contributed by atoms with Crippen LogP contribution in [0.1, 0.15) is 33.1 Å². The average Bonchev–Trinajstić information content (AvgIpc) is 2.34. The summed E-state index contributed by atoms with van der Waals surface area (Å²) in [7, 11) is 0. The van der Waals surface area contributed by atoms with Crippen LogP contribution < -0.4 is 15.4 Å². The third-order valence-corrected chi connectivity index (χ3v) is 2.42. The standard InChI is InChI=1S/C14H20N2O3/c1-3-4-5-9-15-14(18)16-12-7-6-8-13(10-12)19-11(2)17/h6-8,10H,3-5,9H2,1-2H3,(H2,15,16,18). The fourth-order valence-electron chi connectivity index (χ4n) is 1.56. The van der Waals surface area contributed by atoms with Gasteiger partial charge in [-0.3, -0.25) is 4.79 Å². The number of benzene rings is 1. The van der Waals surface area contributed by atoms with Gasteiger partial charge in [-0.25, -0.2) is 4.79 Å². The molecule has 0 heterocycles. The van der Waals surface area contributed by atoms with Crippen LogP contribution in [0.3, 0.4) is 0 Å². The summed E-state index contributed by atoms with van der Waals surface area (Å²) in [6.07, 6.45) is 3.19. The number of rotatable bonds is 6. The van der Waals surface area contributed by atoms with Crippen LogP contribution in [0.25, 0.3) is 0 Å². The molecule has 104 valence electrons. The molecule has 1 aromatic rings. The van der Waals surface area contributed by atoms with Gasteiger partial charge in [0.05, 0.1) is 0 Å². The highest BCUT2D eigenvalue weighted by molar-refractivity contribution is 5.89. The minimum atomic E-state index is -0.388. The van der Waals surface area contributed by atoms with E-state index in [0.29, 0.717) is 18.0 Å². The number of hydrogen-bond acceptors (Lipinski definition) is 3. The minimum Gasteiger partial charge on any atom is -0.427 e. The molecule has 0 saturated heterocycles. The van der Waals surface area contributed by atoms with Crippen LogP contribution in [0.4, 0.5) is 10.5 Å². The molecule has 0 radical (unpaired) electrons. The maximum absolute atomic E-state index is 11.6. The molecule has 0 atom stereocenters. The third-order valence-electron chi connectivity index (χ3n) is 2.42. The number of anilines is 1. The molecule has 5 heteroatoms. The first-order chi connectivity index (χ1) is 9.11. The summed E-state index contributed by atoms with van der Waals surface area (Å²) in [5, 5.41) is 5.46. The van der Waals surface area contributed by atoms with Crippen molar-refractivity contribution in [3.63, 3.8) is 0 Å². The van der Waals surface area contributed by atoms with Gasteiger partial charge in [-0.15, -0.1) is 0 Å². The molecular formula is C14H20N2O3. The van der Waals surface area contributed by atoms with Crippen molar-refractivity contribution in [2.75, 3.05) is 11.9 Å². The lowest BCUT2D eigenvalue weighted by Gasteiger charge is -2.08. The van der Waals surface area contributed by atoms with Crippen molar-refractivity contribution in [3.8, 4) is 5.75 Å². The second-order valence-electron chi connectivity index (χ2n) is 4.21. The molecule has 5 nitrogen and oxygen atoms in total. The molecule has 0 aliphatic rings. The van der Waals surface area contributed by atoms with Gasteiger partial charge in [-0.1, -0.05) is 25.8 Å². The molecule has 0 saturated carbocycles. The van der Waals surface area contributed by atoms with Crippen molar-refractivity contribution >= 4 is 17.7 Å². The van der Waals surface area contributed by atoms with Gasteiger partial charge in [0, 0.05) is 25.2 Å². The van der Waals surface area contributed by atoms with Gasteiger partial charge in [-0.2, -0.15) is 0 Å². The number of ether oxygens (including phenoxy) is 1. The Morgan fingerprint density at radius 1 is 1.26 bits per heavy atom. The molecule has 0 aromatic heterocycles. The van der Waals surface area contributed by atoms with Gasteiger partial charge in [0.15, 0.2) is 0 Å². The van der Waals surface area contributed by atoms with Gasteiger partial charge >= 0.3 is 12.0 Å². The summed E-state index contributed by atoms with van der Waals surface area (Å²) < 4.78 is 4.94. The number of carbonyl (C=O) groups excluding carboxylic acids is 2. The van der Waals surface area contributed by atoms with Crippen molar-refractivity contribution in [2.45, 2.75) is 33.1 Å². The van der Waals surface area contributed by atoms with Crippen molar-refractivity contribution in [2.24, 2.45) is 0 Å². The number of hydrogen-bond donors (Lipinski definition) is 2. The van der Waals surface area contributed by atoms with E-state index in [2.05, 4.69) is 17.6 Å². The maximum Gasteiger partial charge on any atom is 0.319 e. The second kappa shape index (κ2) is 8.13. The molecule has 2 amide bonds. The molecule has 19 heavy (non-hydrogen) atoms. The molecular weight excluding hydrogens is 244 g/mol. The number of unbranched alkanes of at least 4 members (excludes halogenated alkanes) is 2. The van der Waals surface area contributed by atoms with Gasteiger partial charge < -0.3 is 15.4 Å². The lowest BCUT2D eigenvalue weighted by molar-refractivity contribution is -0.131. The van der Waals surface area contributed by atoms with E-state index in [1.165, 1.54) is 6.92 Å². The summed E-state index contributed by atoms with van der Waals surface area (Å²) in [6.45, 7) is 4.10. The van der Waals surface area contributed by atoms with E-state index in [1.807, 2.05) is 0 Å². The summed E-state index contributed by atoms with van der Waals surface area (Å²) in [5.41, 5.74) is 0.590. The van der Waals surface area contributed by atoms with E-state index in [9.17, 15) is 9.59 Å². The van der Waals surface area contributed by atoms with Crippen LogP contribution >= 0.6 is 0 Å². The maximum atomic E-state index is 11.6. The SMILES string of the molecule is CCCCCNC(=O)Nc1cccc(OC(C)=O)c1. The van der Waals surface area contributed by atoms with Crippen molar-refractivity contribution < 1.29 is 14.3 Å². The summed E-state index contributed by atoms with van der Waals surface area (Å²) in [5.74, 6) is 0.0254. The van der Waals surface area contributed by atoms with E-state index < -0.39 is 0 Å². The number of urea groups is 1. The molecule has 1 aromatic carbocycles. The summed E-state index contributed by atoms with van der Waals surface area (Å²) in [4.78, 5) is 22.4. The Labute approximate surface area is 113 Å². The predicted molar refractivity (Wildman–Crippen MR) is 74.3 cm³/mol. The zero-order valence-electron chi connectivity index (χ0n) is 11.4. The van der Waals surface area contributed by atoms with Gasteiger partial charge in [0.1, 0.15) is 5.75 Å². The van der Waals surface area contributed by atoms with E-state index in [-0.39, 0.29) is 12.0 Å². The van der Waals surface area contributed by atoms with E-state index in [4.69, 9.17) is 4.74 Å². The van der Waals surface area contributed by atoms with Crippen LogP contribution in [0, 0.1) is 0 Å².